The second-order valence-corrected chi connectivity index (χ2v) is 9.03. The molecule has 126 valence electrons. The molecule has 1 aliphatic heterocycles. The maximum atomic E-state index is 10.6. The van der Waals surface area contributed by atoms with Crippen LogP contribution in [-0.4, -0.2) is 17.5 Å². The average molecular weight is 306 g/mol. The highest BCUT2D eigenvalue weighted by atomic mass is 16.6. The van der Waals surface area contributed by atoms with Crippen molar-refractivity contribution < 1.29 is 9.84 Å². The van der Waals surface area contributed by atoms with E-state index in [0.29, 0.717) is 22.7 Å². The van der Waals surface area contributed by atoms with Gasteiger partial charge in [-0.3, -0.25) is 0 Å². The second kappa shape index (κ2) is 5.63. The van der Waals surface area contributed by atoms with Crippen molar-refractivity contribution in [3.05, 3.63) is 11.6 Å². The number of hydrogen-bond donors (Lipinski definition) is 1. The molecule has 3 rings (SSSR count). The van der Waals surface area contributed by atoms with Crippen molar-refractivity contribution >= 4 is 0 Å². The number of aliphatic hydroxyl groups is 1. The van der Waals surface area contributed by atoms with Crippen LogP contribution >= 0.6 is 0 Å². The summed E-state index contributed by atoms with van der Waals surface area (Å²) in [6, 6.07) is 0. The molecule has 6 atom stereocenters. The number of aliphatic hydroxyl groups excluding tert-OH is 1. The Hall–Kier alpha value is -0.340. The Bertz CT molecular complexity index is 453. The average Bonchev–Trinajstić information content (AvgIpc) is 2.46. The van der Waals surface area contributed by atoms with E-state index in [1.54, 1.807) is 0 Å². The quantitative estimate of drug-likeness (QED) is 0.697. The molecule has 0 aromatic heterocycles. The van der Waals surface area contributed by atoms with Crippen molar-refractivity contribution in [1.29, 1.82) is 0 Å². The van der Waals surface area contributed by atoms with E-state index in [4.69, 9.17) is 4.74 Å². The van der Waals surface area contributed by atoms with Gasteiger partial charge in [-0.2, -0.15) is 0 Å². The summed E-state index contributed by atoms with van der Waals surface area (Å²) in [5.41, 5.74) is 2.10. The zero-order valence-electron chi connectivity index (χ0n) is 15.1. The van der Waals surface area contributed by atoms with Crippen molar-refractivity contribution in [2.75, 3.05) is 0 Å². The number of hydrogen-bond acceptors (Lipinski definition) is 2. The maximum absolute atomic E-state index is 10.6. The van der Waals surface area contributed by atoms with Crippen LogP contribution in [0, 0.1) is 28.6 Å². The van der Waals surface area contributed by atoms with Gasteiger partial charge >= 0.3 is 0 Å². The maximum Gasteiger partial charge on any atom is 0.158 e. The lowest BCUT2D eigenvalue weighted by Gasteiger charge is -2.61. The lowest BCUT2D eigenvalue weighted by molar-refractivity contribution is -0.247. The fourth-order valence-corrected chi connectivity index (χ4v) is 6.20. The van der Waals surface area contributed by atoms with E-state index in [1.165, 1.54) is 31.3 Å². The Kier molecular flexibility index (Phi) is 4.23. The third kappa shape index (κ3) is 2.47. The van der Waals surface area contributed by atoms with Crippen LogP contribution in [0.25, 0.3) is 0 Å². The largest absolute Gasteiger partial charge is 0.368 e. The smallest absolute Gasteiger partial charge is 0.158 e. The van der Waals surface area contributed by atoms with Gasteiger partial charge in [0.2, 0.25) is 0 Å². The van der Waals surface area contributed by atoms with Crippen LogP contribution in [-0.2, 0) is 4.74 Å². The Balaban J connectivity index is 1.92. The van der Waals surface area contributed by atoms with E-state index < -0.39 is 6.29 Å². The lowest BCUT2D eigenvalue weighted by atomic mass is 9.45. The molecular formula is C20H34O2. The molecule has 2 aliphatic carbocycles. The third-order valence-electron chi connectivity index (χ3n) is 7.53. The van der Waals surface area contributed by atoms with E-state index >= 15 is 0 Å². The minimum absolute atomic E-state index is 0.113. The summed E-state index contributed by atoms with van der Waals surface area (Å²) < 4.78 is 5.97. The molecule has 0 unspecified atom stereocenters. The Morgan fingerprint density at radius 1 is 1.18 bits per heavy atom. The van der Waals surface area contributed by atoms with Gasteiger partial charge in [0.15, 0.2) is 6.29 Å². The molecule has 0 aromatic rings. The van der Waals surface area contributed by atoms with Gasteiger partial charge in [0.1, 0.15) is 0 Å². The summed E-state index contributed by atoms with van der Waals surface area (Å²) in [6.07, 6.45) is 9.22. The van der Waals surface area contributed by atoms with Gasteiger partial charge in [0, 0.05) is 5.92 Å². The molecule has 1 N–H and O–H groups in total. The molecule has 2 saturated carbocycles. The molecule has 0 spiro atoms. The fourth-order valence-electron chi connectivity index (χ4n) is 6.20. The van der Waals surface area contributed by atoms with E-state index in [0.717, 1.165) is 18.8 Å². The highest BCUT2D eigenvalue weighted by Crippen LogP contribution is 2.63. The van der Waals surface area contributed by atoms with E-state index in [-0.39, 0.29) is 6.10 Å². The molecule has 0 amide bonds. The van der Waals surface area contributed by atoms with Gasteiger partial charge in [-0.1, -0.05) is 33.3 Å². The fraction of sp³-hybridized carbons (Fsp3) is 0.900. The van der Waals surface area contributed by atoms with E-state index in [9.17, 15) is 5.11 Å². The molecule has 1 heterocycles. The molecule has 0 bridgehead atoms. The van der Waals surface area contributed by atoms with Crippen LogP contribution in [0.4, 0.5) is 0 Å². The lowest BCUT2D eigenvalue weighted by Crippen LogP contribution is -2.57. The molecule has 1 saturated heterocycles. The normalized spacial score (nSPS) is 48.5. The highest BCUT2D eigenvalue weighted by molar-refractivity contribution is 5.11. The summed E-state index contributed by atoms with van der Waals surface area (Å²) in [5, 5.41) is 10.6. The summed E-state index contributed by atoms with van der Waals surface area (Å²) in [4.78, 5) is 0. The first-order chi connectivity index (χ1) is 10.3. The minimum Gasteiger partial charge on any atom is -0.368 e. The molecule has 2 nitrogen and oxygen atoms in total. The van der Waals surface area contributed by atoms with Crippen LogP contribution in [0.15, 0.2) is 11.6 Å². The predicted octanol–water partition coefficient (Wildman–Crippen LogP) is 4.92. The van der Waals surface area contributed by atoms with Crippen LogP contribution < -0.4 is 0 Å². The zero-order valence-corrected chi connectivity index (χ0v) is 15.1. The van der Waals surface area contributed by atoms with Crippen molar-refractivity contribution in [2.24, 2.45) is 28.6 Å². The predicted molar refractivity (Wildman–Crippen MR) is 90.4 cm³/mol. The van der Waals surface area contributed by atoms with Gasteiger partial charge in [0.25, 0.3) is 0 Å². The summed E-state index contributed by atoms with van der Waals surface area (Å²) in [6.45, 7) is 11.7. The Morgan fingerprint density at radius 3 is 2.59 bits per heavy atom. The molecule has 22 heavy (non-hydrogen) atoms. The summed E-state index contributed by atoms with van der Waals surface area (Å²) in [5.74, 6) is 1.75. The third-order valence-corrected chi connectivity index (χ3v) is 7.53. The number of rotatable bonds is 1. The van der Waals surface area contributed by atoms with Gasteiger partial charge in [-0.25, -0.2) is 0 Å². The van der Waals surface area contributed by atoms with Crippen LogP contribution in [0.3, 0.4) is 0 Å². The van der Waals surface area contributed by atoms with Crippen LogP contribution in [0.2, 0.25) is 0 Å². The van der Waals surface area contributed by atoms with Crippen molar-refractivity contribution in [1.82, 2.24) is 0 Å². The first-order valence-electron chi connectivity index (χ1n) is 9.26. The molecule has 3 aliphatic rings. The molecule has 2 heteroatoms. The van der Waals surface area contributed by atoms with Crippen LogP contribution in [0.1, 0.15) is 73.1 Å². The summed E-state index contributed by atoms with van der Waals surface area (Å²) in [7, 11) is 0. The second-order valence-electron chi connectivity index (χ2n) is 9.03. The SMILES string of the molecule is C/C=C(\C)[C@@H]1C[C@H]2[C@@H](CC[C@@H]3C(C)(C)CCC[C@@]32C)[C@H](O)O1. The zero-order chi connectivity index (χ0) is 16.1. The molecular weight excluding hydrogens is 272 g/mol. The Morgan fingerprint density at radius 2 is 1.91 bits per heavy atom. The topological polar surface area (TPSA) is 29.5 Å². The first kappa shape index (κ1) is 16.5. The van der Waals surface area contributed by atoms with E-state index in [2.05, 4.69) is 40.7 Å². The molecule has 0 aromatic carbocycles. The van der Waals surface area contributed by atoms with Crippen LogP contribution in [0.5, 0.6) is 0 Å². The number of ether oxygens (including phenoxy) is 1. The monoisotopic (exact) mass is 306 g/mol. The van der Waals surface area contributed by atoms with Crippen molar-refractivity contribution in [3.63, 3.8) is 0 Å². The molecule has 0 radical (unpaired) electrons. The highest BCUT2D eigenvalue weighted by Gasteiger charge is 2.57. The van der Waals surface area contributed by atoms with Gasteiger partial charge < -0.3 is 9.84 Å². The summed E-state index contributed by atoms with van der Waals surface area (Å²) >= 11 is 0. The van der Waals surface area contributed by atoms with Gasteiger partial charge in [-0.15, -0.1) is 0 Å². The number of allylic oxidation sites excluding steroid dienone is 1. The minimum atomic E-state index is -0.568. The number of fused-ring (bicyclic) bond motifs is 3. The van der Waals surface area contributed by atoms with E-state index in [1.807, 2.05) is 0 Å². The van der Waals surface area contributed by atoms with Gasteiger partial charge in [-0.05, 0) is 74.2 Å². The first-order valence-corrected chi connectivity index (χ1v) is 9.26. The standard InChI is InChI=1S/C20H34O2/c1-6-13(2)16-12-15-14(18(21)22-16)8-9-17-19(3,4)10-7-11-20(15,17)5/h6,14-18,21H,7-12H2,1-5H3/b13-6+/t14-,15+,16+,17-,18-,20-/m1/s1. The van der Waals surface area contributed by atoms with Crippen molar-refractivity contribution in [3.8, 4) is 0 Å². The van der Waals surface area contributed by atoms with Crippen molar-refractivity contribution in [2.45, 2.75) is 85.5 Å². The van der Waals surface area contributed by atoms with Gasteiger partial charge in [0.05, 0.1) is 6.10 Å². The molecule has 3 fully saturated rings. The Labute approximate surface area is 136 Å².